The molecule has 0 aromatic heterocycles. The average Bonchev–Trinajstić information content (AvgIpc) is 2.52. The highest BCUT2D eigenvalue weighted by Crippen LogP contribution is 2.12. The van der Waals surface area contributed by atoms with Gasteiger partial charge < -0.3 is 15.2 Å². The summed E-state index contributed by atoms with van der Waals surface area (Å²) in [5, 5.41) is 12.4. The van der Waals surface area contributed by atoms with Gasteiger partial charge in [-0.1, -0.05) is 30.3 Å². The number of aliphatic hydroxyl groups excluding tert-OH is 1. The Kier molecular flexibility index (Phi) is 5.29. The molecule has 1 amide bonds. The van der Waals surface area contributed by atoms with E-state index in [0.717, 1.165) is 0 Å². The Morgan fingerprint density at radius 1 is 1.14 bits per heavy atom. The molecule has 0 heterocycles. The fourth-order valence-electron chi connectivity index (χ4n) is 1.73. The summed E-state index contributed by atoms with van der Waals surface area (Å²) in [6.07, 6.45) is -0.883. The predicted molar refractivity (Wildman–Crippen MR) is 76.3 cm³/mol. The third-order valence-corrected chi connectivity index (χ3v) is 2.86. The summed E-state index contributed by atoms with van der Waals surface area (Å²) in [7, 11) is 0. The van der Waals surface area contributed by atoms with Gasteiger partial charge in [-0.15, -0.1) is 0 Å². The highest BCUT2D eigenvalue weighted by Gasteiger charge is 2.10. The van der Waals surface area contributed by atoms with Gasteiger partial charge in [-0.3, -0.25) is 4.79 Å². The minimum absolute atomic E-state index is 0.0443. The molecule has 4 nitrogen and oxygen atoms in total. The van der Waals surface area contributed by atoms with Gasteiger partial charge >= 0.3 is 0 Å². The molecular formula is C16H16FNO3. The standard InChI is InChI=1S/C16H16FNO3/c17-13-8-6-12(7-9-13)15(19)10-18-16(20)11-21-14-4-2-1-3-5-14/h1-9,15,19H,10-11H2,(H,18,20). The minimum atomic E-state index is -0.883. The summed E-state index contributed by atoms with van der Waals surface area (Å²) < 4.78 is 18.0. The quantitative estimate of drug-likeness (QED) is 0.855. The van der Waals surface area contributed by atoms with E-state index < -0.39 is 6.10 Å². The van der Waals surface area contributed by atoms with E-state index >= 15 is 0 Å². The summed E-state index contributed by atoms with van der Waals surface area (Å²) in [6.45, 7) is -0.0806. The van der Waals surface area contributed by atoms with Crippen LogP contribution < -0.4 is 10.1 Å². The van der Waals surface area contributed by atoms with Crippen LogP contribution in [0.4, 0.5) is 4.39 Å². The number of para-hydroxylation sites is 1. The number of aliphatic hydroxyl groups is 1. The lowest BCUT2D eigenvalue weighted by molar-refractivity contribution is -0.123. The predicted octanol–water partition coefficient (Wildman–Crippen LogP) is 2.05. The monoisotopic (exact) mass is 289 g/mol. The highest BCUT2D eigenvalue weighted by atomic mass is 19.1. The van der Waals surface area contributed by atoms with E-state index in [1.165, 1.54) is 24.3 Å². The zero-order valence-electron chi connectivity index (χ0n) is 11.3. The lowest BCUT2D eigenvalue weighted by Crippen LogP contribution is -2.32. The van der Waals surface area contributed by atoms with E-state index in [2.05, 4.69) is 5.32 Å². The van der Waals surface area contributed by atoms with Gasteiger partial charge in [0.15, 0.2) is 6.61 Å². The third kappa shape index (κ3) is 4.89. The van der Waals surface area contributed by atoms with E-state index in [1.807, 2.05) is 18.2 Å². The van der Waals surface area contributed by atoms with Crippen molar-refractivity contribution in [2.24, 2.45) is 0 Å². The number of hydrogen-bond donors (Lipinski definition) is 2. The van der Waals surface area contributed by atoms with E-state index in [1.54, 1.807) is 12.1 Å². The van der Waals surface area contributed by atoms with Crippen LogP contribution in [-0.4, -0.2) is 24.2 Å². The molecule has 0 radical (unpaired) electrons. The van der Waals surface area contributed by atoms with Crippen LogP contribution >= 0.6 is 0 Å². The smallest absolute Gasteiger partial charge is 0.258 e. The first-order valence-corrected chi connectivity index (χ1v) is 6.53. The maximum Gasteiger partial charge on any atom is 0.258 e. The molecule has 2 rings (SSSR count). The van der Waals surface area contributed by atoms with Crippen LogP contribution in [-0.2, 0) is 4.79 Å². The molecule has 2 aromatic rings. The molecule has 21 heavy (non-hydrogen) atoms. The Balaban J connectivity index is 1.74. The Labute approximate surface area is 122 Å². The molecule has 0 fully saturated rings. The molecule has 0 spiro atoms. The molecule has 1 unspecified atom stereocenters. The average molecular weight is 289 g/mol. The number of carbonyl (C=O) groups is 1. The molecule has 1 atom stereocenters. The van der Waals surface area contributed by atoms with Gasteiger partial charge in [-0.25, -0.2) is 4.39 Å². The second-order valence-electron chi connectivity index (χ2n) is 4.47. The Morgan fingerprint density at radius 3 is 2.48 bits per heavy atom. The van der Waals surface area contributed by atoms with Crippen molar-refractivity contribution in [2.75, 3.05) is 13.2 Å². The first-order chi connectivity index (χ1) is 10.1. The van der Waals surface area contributed by atoms with Gasteiger partial charge in [0.1, 0.15) is 11.6 Å². The second kappa shape index (κ2) is 7.40. The van der Waals surface area contributed by atoms with Crippen molar-refractivity contribution in [2.45, 2.75) is 6.10 Å². The number of nitrogens with one attached hydrogen (secondary N) is 1. The summed E-state index contributed by atoms with van der Waals surface area (Å²) in [6, 6.07) is 14.5. The highest BCUT2D eigenvalue weighted by molar-refractivity contribution is 5.77. The van der Waals surface area contributed by atoms with Crippen molar-refractivity contribution in [3.05, 3.63) is 66.0 Å². The molecule has 5 heteroatoms. The fraction of sp³-hybridized carbons (Fsp3) is 0.188. The zero-order valence-corrected chi connectivity index (χ0v) is 11.3. The van der Waals surface area contributed by atoms with Crippen LogP contribution in [0, 0.1) is 5.82 Å². The Hall–Kier alpha value is -2.40. The van der Waals surface area contributed by atoms with Gasteiger partial charge in [0, 0.05) is 6.54 Å². The minimum Gasteiger partial charge on any atom is -0.484 e. The molecule has 0 bridgehead atoms. The molecule has 2 N–H and O–H groups in total. The van der Waals surface area contributed by atoms with Crippen LogP contribution in [0.25, 0.3) is 0 Å². The van der Waals surface area contributed by atoms with Crippen molar-refractivity contribution in [3.63, 3.8) is 0 Å². The van der Waals surface area contributed by atoms with Crippen molar-refractivity contribution < 1.29 is 19.0 Å². The molecule has 2 aromatic carbocycles. The van der Waals surface area contributed by atoms with Crippen LogP contribution in [0.3, 0.4) is 0 Å². The van der Waals surface area contributed by atoms with Gasteiger partial charge in [0.25, 0.3) is 5.91 Å². The lowest BCUT2D eigenvalue weighted by atomic mass is 10.1. The Morgan fingerprint density at radius 2 is 1.81 bits per heavy atom. The van der Waals surface area contributed by atoms with Crippen molar-refractivity contribution in [1.82, 2.24) is 5.32 Å². The van der Waals surface area contributed by atoms with E-state index in [4.69, 9.17) is 4.74 Å². The first-order valence-electron chi connectivity index (χ1n) is 6.53. The van der Waals surface area contributed by atoms with Crippen molar-refractivity contribution in [1.29, 1.82) is 0 Å². The molecule has 0 saturated heterocycles. The van der Waals surface area contributed by atoms with E-state index in [-0.39, 0.29) is 24.9 Å². The van der Waals surface area contributed by atoms with E-state index in [0.29, 0.717) is 11.3 Å². The lowest BCUT2D eigenvalue weighted by Gasteiger charge is -2.12. The fourth-order valence-corrected chi connectivity index (χ4v) is 1.73. The van der Waals surface area contributed by atoms with Gasteiger partial charge in [-0.2, -0.15) is 0 Å². The summed E-state index contributed by atoms with van der Waals surface area (Å²) in [5.74, 6) is -0.0991. The maximum atomic E-state index is 12.8. The zero-order chi connectivity index (χ0) is 15.1. The molecule has 0 aliphatic rings. The number of ether oxygens (including phenoxy) is 1. The molecule has 0 aliphatic carbocycles. The summed E-state index contributed by atoms with van der Waals surface area (Å²) in [4.78, 5) is 11.6. The second-order valence-corrected chi connectivity index (χ2v) is 4.47. The van der Waals surface area contributed by atoms with Crippen LogP contribution in [0.1, 0.15) is 11.7 Å². The maximum absolute atomic E-state index is 12.8. The summed E-state index contributed by atoms with van der Waals surface area (Å²) >= 11 is 0. The number of benzene rings is 2. The summed E-state index contributed by atoms with van der Waals surface area (Å²) in [5.41, 5.74) is 0.542. The normalized spacial score (nSPS) is 11.7. The number of carbonyl (C=O) groups excluding carboxylic acids is 1. The van der Waals surface area contributed by atoms with Gasteiger partial charge in [0.2, 0.25) is 0 Å². The molecular weight excluding hydrogens is 273 g/mol. The number of halogens is 1. The molecule has 0 saturated carbocycles. The first kappa shape index (κ1) is 15.0. The van der Waals surface area contributed by atoms with Crippen molar-refractivity contribution >= 4 is 5.91 Å². The van der Waals surface area contributed by atoms with E-state index in [9.17, 15) is 14.3 Å². The molecule has 110 valence electrons. The van der Waals surface area contributed by atoms with Crippen LogP contribution in [0.2, 0.25) is 0 Å². The number of amides is 1. The van der Waals surface area contributed by atoms with Crippen LogP contribution in [0.15, 0.2) is 54.6 Å². The van der Waals surface area contributed by atoms with Gasteiger partial charge in [0.05, 0.1) is 6.10 Å². The number of rotatable bonds is 6. The third-order valence-electron chi connectivity index (χ3n) is 2.86. The SMILES string of the molecule is O=C(COc1ccccc1)NCC(O)c1ccc(F)cc1. The van der Waals surface area contributed by atoms with Crippen molar-refractivity contribution in [3.8, 4) is 5.75 Å². The van der Waals surface area contributed by atoms with Crippen LogP contribution in [0.5, 0.6) is 5.75 Å². The van der Waals surface area contributed by atoms with Gasteiger partial charge in [-0.05, 0) is 29.8 Å². The molecule has 0 aliphatic heterocycles. The topological polar surface area (TPSA) is 58.6 Å². The number of hydrogen-bond acceptors (Lipinski definition) is 3. The Bertz CT molecular complexity index is 572. The largest absolute Gasteiger partial charge is 0.484 e.